The average molecular weight is 206 g/mol. The van der Waals surface area contributed by atoms with Crippen molar-refractivity contribution in [3.05, 3.63) is 0 Å². The smallest absolute Gasteiger partial charge is 0.0967 e. The van der Waals surface area contributed by atoms with Gasteiger partial charge in [-0.15, -0.1) is 23.2 Å². The number of halogens is 4. The average Bonchev–Trinajstić information content (AvgIpc) is 1.39. The molecule has 0 spiro atoms. The summed E-state index contributed by atoms with van der Waals surface area (Å²) < 4.78 is 3.19. The molecular formula is CH4Cl4OS. The first kappa shape index (κ1) is 15.8. The minimum atomic E-state index is 0. The van der Waals surface area contributed by atoms with E-state index < -0.39 is 0 Å². The Kier molecular flexibility index (Phi) is 58.6. The third kappa shape index (κ3) is 103. The molecule has 0 aromatic heterocycles. The zero-order valence-corrected chi connectivity index (χ0v) is 7.15. The van der Waals surface area contributed by atoms with Crippen LogP contribution in [0.4, 0.5) is 0 Å². The second kappa shape index (κ2) is 26.0. The fourth-order valence-corrected chi connectivity index (χ4v) is 0. The van der Waals surface area contributed by atoms with Gasteiger partial charge in [0.25, 0.3) is 0 Å². The summed E-state index contributed by atoms with van der Waals surface area (Å²) in [6.45, 7) is 0. The second-order valence-electron chi connectivity index (χ2n) is 0.159. The summed E-state index contributed by atoms with van der Waals surface area (Å²) in [6.07, 6.45) is 0. The molecule has 0 N–H and O–H groups in total. The summed E-state index contributed by atoms with van der Waals surface area (Å²) >= 11 is 18.1. The van der Waals surface area contributed by atoms with Crippen molar-refractivity contribution in [3.8, 4) is 0 Å². The van der Waals surface area contributed by atoms with Gasteiger partial charge in [-0.1, -0.05) is 0 Å². The minimum Gasteiger partial charge on any atom is -0.197 e. The van der Waals surface area contributed by atoms with E-state index in [9.17, 15) is 0 Å². The lowest BCUT2D eigenvalue weighted by atomic mass is 11.9. The van der Waals surface area contributed by atoms with Crippen molar-refractivity contribution >= 4 is 60.4 Å². The van der Waals surface area contributed by atoms with Gasteiger partial charge in [0, 0.05) is 0 Å². The Morgan fingerprint density at radius 3 is 1.14 bits per heavy atom. The van der Waals surface area contributed by atoms with Crippen LogP contribution in [0.25, 0.3) is 0 Å². The van der Waals surface area contributed by atoms with E-state index in [4.69, 9.17) is 23.2 Å². The maximum atomic E-state index is 4.76. The Labute approximate surface area is 69.6 Å². The van der Waals surface area contributed by atoms with Gasteiger partial charge in [-0.2, -0.15) is 17.3 Å². The van der Waals surface area contributed by atoms with Gasteiger partial charge in [-0.3, -0.25) is 0 Å². The number of hydrogen-bond donors (Lipinski definition) is 0. The highest BCUT2D eigenvalue weighted by molar-refractivity contribution is 7.59. The summed E-state index contributed by atoms with van der Waals surface area (Å²) in [5, 5.41) is 0.194. The molecule has 48 valence electrons. The second-order valence-corrected chi connectivity index (χ2v) is 1.43. The van der Waals surface area contributed by atoms with Crippen molar-refractivity contribution in [2.24, 2.45) is 0 Å². The molecule has 0 aromatic rings. The zero-order chi connectivity index (χ0) is 5.41. The van der Waals surface area contributed by atoms with Gasteiger partial charge in [0.2, 0.25) is 0 Å². The zero-order valence-electron chi connectivity index (χ0n) is 3.13. The molecule has 0 saturated carbocycles. The molecule has 7 heavy (non-hydrogen) atoms. The number of hydrogen-bond acceptors (Lipinski definition) is 1. The first-order chi connectivity index (χ1) is 2.83. The molecule has 0 rings (SSSR count). The summed E-state index contributed by atoms with van der Waals surface area (Å²) in [5.74, 6) is 0. The first-order valence-electron chi connectivity index (χ1n) is 0.843. The Morgan fingerprint density at radius 1 is 1.14 bits per heavy atom. The van der Waals surface area contributed by atoms with Gasteiger partial charge in [-0.25, -0.2) is 0 Å². The van der Waals surface area contributed by atoms with Crippen LogP contribution in [0.1, 0.15) is 0 Å². The Balaban J connectivity index is -0.0000000400. The van der Waals surface area contributed by atoms with Crippen LogP contribution in [-0.2, 0) is 3.84 Å². The van der Waals surface area contributed by atoms with Crippen LogP contribution in [-0.4, -0.2) is 5.34 Å². The molecule has 0 fully saturated rings. The monoisotopic (exact) mass is 204 g/mol. The summed E-state index contributed by atoms with van der Waals surface area (Å²) in [5.41, 5.74) is 0. The highest BCUT2D eigenvalue weighted by Crippen LogP contribution is 1.78. The van der Waals surface area contributed by atoms with Crippen LogP contribution in [0.15, 0.2) is 0 Å². The first-order valence-corrected chi connectivity index (χ1v) is 2.53. The van der Waals surface area contributed by atoms with Crippen LogP contribution in [0.3, 0.4) is 0 Å². The molecule has 0 aromatic carbocycles. The van der Waals surface area contributed by atoms with Crippen molar-refractivity contribution < 1.29 is 3.84 Å². The third-order valence-electron chi connectivity index (χ3n) is 0. The SMILES string of the molecule is ClCCl.ClOCl.S. The van der Waals surface area contributed by atoms with Crippen molar-refractivity contribution in [3.63, 3.8) is 0 Å². The maximum Gasteiger partial charge on any atom is 0.0967 e. The van der Waals surface area contributed by atoms with E-state index in [0.29, 0.717) is 0 Å². The van der Waals surface area contributed by atoms with Crippen LogP contribution >= 0.6 is 60.4 Å². The van der Waals surface area contributed by atoms with Crippen LogP contribution in [0.5, 0.6) is 0 Å². The predicted molar refractivity (Wildman–Crippen MR) is 39.7 cm³/mol. The van der Waals surface area contributed by atoms with E-state index in [2.05, 4.69) is 27.6 Å². The lowest BCUT2D eigenvalue weighted by molar-refractivity contribution is 0.697. The van der Waals surface area contributed by atoms with Crippen LogP contribution in [0, 0.1) is 0 Å². The Morgan fingerprint density at radius 2 is 1.14 bits per heavy atom. The Bertz CT molecular complexity index is 13.7. The molecule has 0 heterocycles. The van der Waals surface area contributed by atoms with E-state index in [0.717, 1.165) is 0 Å². The van der Waals surface area contributed by atoms with Gasteiger partial charge in [0.1, 0.15) is 0 Å². The molecule has 0 aliphatic carbocycles. The summed E-state index contributed by atoms with van der Waals surface area (Å²) in [4.78, 5) is 0. The normalized spacial score (nSPS) is 5.14. The van der Waals surface area contributed by atoms with E-state index in [1.54, 1.807) is 0 Å². The molecule has 6 heteroatoms. The van der Waals surface area contributed by atoms with E-state index in [1.807, 2.05) is 0 Å². The van der Waals surface area contributed by atoms with Crippen molar-refractivity contribution in [2.75, 3.05) is 5.34 Å². The fraction of sp³-hybridized carbons (Fsp3) is 1.00. The van der Waals surface area contributed by atoms with E-state index in [-0.39, 0.29) is 18.8 Å². The topological polar surface area (TPSA) is 9.23 Å². The fourth-order valence-electron chi connectivity index (χ4n) is 0. The molecule has 0 atom stereocenters. The molecule has 0 bridgehead atoms. The van der Waals surface area contributed by atoms with Crippen LogP contribution in [0.2, 0.25) is 0 Å². The minimum absolute atomic E-state index is 0. The molecule has 1 nitrogen and oxygen atoms in total. The molecule has 0 saturated heterocycles. The Hall–Kier alpha value is 1.47. The van der Waals surface area contributed by atoms with Gasteiger partial charge in [0.15, 0.2) is 0 Å². The van der Waals surface area contributed by atoms with Crippen LogP contribution < -0.4 is 0 Å². The predicted octanol–water partition coefficient (Wildman–Crippen LogP) is 2.84. The molecule has 0 aliphatic heterocycles. The molecule has 0 aliphatic rings. The number of rotatable bonds is 0. The van der Waals surface area contributed by atoms with Crippen molar-refractivity contribution in [1.82, 2.24) is 0 Å². The van der Waals surface area contributed by atoms with E-state index in [1.165, 1.54) is 0 Å². The lowest BCUT2D eigenvalue weighted by Gasteiger charge is -1.46. The molecule has 0 amide bonds. The standard InChI is InChI=1S/CH2Cl2.Cl2O.H2S/c2-1-3;1-3-2;/h1H2;;1H2. The molecule has 0 radical (unpaired) electrons. The molecule has 0 unspecified atom stereocenters. The third-order valence-corrected chi connectivity index (χ3v) is 0. The lowest BCUT2D eigenvalue weighted by Crippen LogP contribution is -1.24. The number of alkyl halides is 2. The van der Waals surface area contributed by atoms with E-state index >= 15 is 0 Å². The quantitative estimate of drug-likeness (QED) is 0.553. The van der Waals surface area contributed by atoms with Gasteiger partial charge in [-0.05, 0) is 0 Å². The van der Waals surface area contributed by atoms with Crippen molar-refractivity contribution in [1.29, 1.82) is 0 Å². The maximum absolute atomic E-state index is 4.76. The van der Waals surface area contributed by atoms with Gasteiger partial charge in [0.05, 0.1) is 29.1 Å². The molecular weight excluding hydrogens is 202 g/mol. The highest BCUT2D eigenvalue weighted by Gasteiger charge is 1.41. The van der Waals surface area contributed by atoms with Gasteiger partial charge >= 0.3 is 0 Å². The summed E-state index contributed by atoms with van der Waals surface area (Å²) in [7, 11) is 0. The largest absolute Gasteiger partial charge is 0.197 e. The van der Waals surface area contributed by atoms with Crippen molar-refractivity contribution in [2.45, 2.75) is 0 Å². The summed E-state index contributed by atoms with van der Waals surface area (Å²) in [6, 6.07) is 0. The highest BCUT2D eigenvalue weighted by atomic mass is 35.6. The van der Waals surface area contributed by atoms with Gasteiger partial charge < -0.3 is 0 Å².